The van der Waals surface area contributed by atoms with Crippen molar-refractivity contribution in [3.05, 3.63) is 29.8 Å². The number of carbonyl (C=O) groups excluding carboxylic acids is 3. The van der Waals surface area contributed by atoms with Crippen LogP contribution in [0.2, 0.25) is 18.1 Å². The first kappa shape index (κ1) is 27.9. The molecule has 0 saturated heterocycles. The molecular formula is C23H37NO5Si. The lowest BCUT2D eigenvalue weighted by atomic mass is 10.1. The highest BCUT2D eigenvalue weighted by atomic mass is 28.4. The number of hydrogen-bond donors (Lipinski definition) is 0. The van der Waals surface area contributed by atoms with E-state index in [9.17, 15) is 4.79 Å². The summed E-state index contributed by atoms with van der Waals surface area (Å²) in [5.41, 5.74) is 2.44. The maximum atomic E-state index is 12.2. The maximum Gasteiger partial charge on any atom is 0.373 e. The van der Waals surface area contributed by atoms with Crippen LogP contribution in [0.25, 0.3) is 0 Å². The number of benzene rings is 1. The van der Waals surface area contributed by atoms with Gasteiger partial charge in [0.2, 0.25) is 0 Å². The van der Waals surface area contributed by atoms with Crippen molar-refractivity contribution in [2.24, 2.45) is 10.9 Å². The Balaban J connectivity index is 0.00000263. The summed E-state index contributed by atoms with van der Waals surface area (Å²) in [6, 6.07) is 8.01. The van der Waals surface area contributed by atoms with Gasteiger partial charge in [-0.1, -0.05) is 46.8 Å². The Bertz CT molecular complexity index is 725. The van der Waals surface area contributed by atoms with E-state index in [2.05, 4.69) is 51.0 Å². The predicted octanol–water partition coefficient (Wildman–Crippen LogP) is 5.35. The quantitative estimate of drug-likeness (QED) is 0.312. The number of ether oxygens (including phenoxy) is 1. The van der Waals surface area contributed by atoms with E-state index in [1.54, 1.807) is 0 Å². The highest BCUT2D eigenvalue weighted by Crippen LogP contribution is 2.36. The van der Waals surface area contributed by atoms with E-state index in [-0.39, 0.29) is 29.2 Å². The van der Waals surface area contributed by atoms with Crippen LogP contribution in [-0.2, 0) is 30.0 Å². The van der Waals surface area contributed by atoms with Gasteiger partial charge in [0.25, 0.3) is 0 Å². The van der Waals surface area contributed by atoms with E-state index in [0.29, 0.717) is 5.71 Å². The zero-order chi connectivity index (χ0) is 23.5. The zero-order valence-corrected chi connectivity index (χ0v) is 20.9. The van der Waals surface area contributed by atoms with Gasteiger partial charge in [-0.3, -0.25) is 0 Å². The molecule has 0 aliphatic carbocycles. The van der Waals surface area contributed by atoms with Crippen molar-refractivity contribution >= 4 is 31.8 Å². The fraction of sp³-hybridized carbons (Fsp3) is 0.609. The van der Waals surface area contributed by atoms with E-state index in [0.717, 1.165) is 18.7 Å². The summed E-state index contributed by atoms with van der Waals surface area (Å²) < 4.78 is 11.5. The van der Waals surface area contributed by atoms with Gasteiger partial charge in [0.05, 0.1) is 11.8 Å². The summed E-state index contributed by atoms with van der Waals surface area (Å²) in [7, 11) is -1.70. The van der Waals surface area contributed by atoms with Crippen LogP contribution < -0.4 is 0 Å². The number of aliphatic imine (C=N–C) groups is 1. The molecule has 0 atom stereocenters. The maximum absolute atomic E-state index is 12.2. The highest BCUT2D eigenvalue weighted by molar-refractivity contribution is 6.74. The van der Waals surface area contributed by atoms with Crippen LogP contribution >= 0.6 is 0 Å². The molecule has 7 heteroatoms. The molecule has 0 aromatic heterocycles. The van der Waals surface area contributed by atoms with Gasteiger partial charge in [0.15, 0.2) is 8.32 Å². The molecule has 0 N–H and O–H groups in total. The van der Waals surface area contributed by atoms with Crippen LogP contribution in [0.1, 0.15) is 54.0 Å². The van der Waals surface area contributed by atoms with Gasteiger partial charge in [-0.05, 0) is 56.1 Å². The Kier molecular flexibility index (Phi) is 11.7. The van der Waals surface area contributed by atoms with Gasteiger partial charge in [-0.25, -0.2) is 9.79 Å². The molecule has 0 aliphatic rings. The summed E-state index contributed by atoms with van der Waals surface area (Å²) in [5, 5.41) is 0.226. The monoisotopic (exact) mass is 435 g/mol. The average molecular weight is 436 g/mol. The summed E-state index contributed by atoms with van der Waals surface area (Å²) in [5.74, 6) is -0.333. The van der Waals surface area contributed by atoms with Gasteiger partial charge in [0.1, 0.15) is 5.71 Å². The largest absolute Gasteiger partial charge is 0.458 e. The first-order valence-corrected chi connectivity index (χ1v) is 13.2. The van der Waals surface area contributed by atoms with Crippen LogP contribution in [0.4, 0.5) is 5.69 Å². The lowest BCUT2D eigenvalue weighted by Crippen LogP contribution is -2.41. The SMILES string of the molecule is CC(C)OC(=O)C(=Nc1ccc(CCO[Si](C)(C)C(C)(C)C)cc1)C(C)C.O=C=O. The molecule has 1 aromatic rings. The number of carbonyl (C=O) groups is 1. The van der Waals surface area contributed by atoms with Gasteiger partial charge in [-0.2, -0.15) is 9.59 Å². The molecule has 0 aliphatic heterocycles. The van der Waals surface area contributed by atoms with E-state index in [1.807, 2.05) is 39.8 Å². The molecule has 0 bridgehead atoms. The van der Waals surface area contributed by atoms with Gasteiger partial charge >= 0.3 is 12.1 Å². The van der Waals surface area contributed by atoms with E-state index >= 15 is 0 Å². The average Bonchev–Trinajstić information content (AvgIpc) is 2.59. The third-order valence-corrected chi connectivity index (χ3v) is 9.48. The second-order valence-electron chi connectivity index (χ2n) is 9.21. The van der Waals surface area contributed by atoms with Crippen molar-refractivity contribution < 1.29 is 23.5 Å². The first-order valence-electron chi connectivity index (χ1n) is 10.3. The molecular weight excluding hydrogens is 398 g/mol. The van der Waals surface area contributed by atoms with Crippen LogP contribution in [0, 0.1) is 5.92 Å². The van der Waals surface area contributed by atoms with Gasteiger partial charge < -0.3 is 9.16 Å². The minimum Gasteiger partial charge on any atom is -0.458 e. The smallest absolute Gasteiger partial charge is 0.373 e. The molecule has 6 nitrogen and oxygen atoms in total. The minimum absolute atomic E-state index is 0.00825. The Morgan fingerprint density at radius 1 is 1.07 bits per heavy atom. The molecule has 0 fully saturated rings. The van der Waals surface area contributed by atoms with Crippen LogP contribution in [0.15, 0.2) is 29.3 Å². The van der Waals surface area contributed by atoms with E-state index in [4.69, 9.17) is 18.8 Å². The van der Waals surface area contributed by atoms with Crippen molar-refractivity contribution in [2.45, 2.75) is 79.1 Å². The Hall–Kier alpha value is -2.08. The second kappa shape index (κ2) is 12.6. The topological polar surface area (TPSA) is 82.0 Å². The van der Waals surface area contributed by atoms with Crippen molar-refractivity contribution in [1.29, 1.82) is 0 Å². The standard InChI is InChI=1S/C22H37NO3Si.CO2/c1-16(2)20(21(24)26-17(3)4)23-19-12-10-18(11-13-19)14-15-25-27(8,9)22(5,6)7;2-1-3/h10-13,16-17H,14-15H2,1-9H3;. The molecule has 0 saturated carbocycles. The Morgan fingerprint density at radius 2 is 1.57 bits per heavy atom. The third kappa shape index (κ3) is 10.1. The van der Waals surface area contributed by atoms with Crippen LogP contribution in [0.3, 0.4) is 0 Å². The molecule has 0 heterocycles. The van der Waals surface area contributed by atoms with E-state index < -0.39 is 8.32 Å². The zero-order valence-electron chi connectivity index (χ0n) is 19.9. The predicted molar refractivity (Wildman–Crippen MR) is 121 cm³/mol. The van der Waals surface area contributed by atoms with Crippen molar-refractivity contribution in [3.8, 4) is 0 Å². The lowest BCUT2D eigenvalue weighted by molar-refractivity contribution is -0.191. The van der Waals surface area contributed by atoms with Crippen molar-refractivity contribution in [1.82, 2.24) is 0 Å². The summed E-state index contributed by atoms with van der Waals surface area (Å²) >= 11 is 0. The van der Waals surface area contributed by atoms with Crippen molar-refractivity contribution in [2.75, 3.05) is 6.61 Å². The molecule has 0 spiro atoms. The molecule has 30 heavy (non-hydrogen) atoms. The number of hydrogen-bond acceptors (Lipinski definition) is 6. The fourth-order valence-electron chi connectivity index (χ4n) is 2.20. The number of esters is 1. The lowest BCUT2D eigenvalue weighted by Gasteiger charge is -2.36. The third-order valence-electron chi connectivity index (χ3n) is 4.94. The summed E-state index contributed by atoms with van der Waals surface area (Å²) in [4.78, 5) is 33.0. The molecule has 1 aromatic carbocycles. The van der Waals surface area contributed by atoms with Gasteiger partial charge in [0, 0.05) is 12.5 Å². The normalized spacial score (nSPS) is 12.3. The number of nitrogens with zero attached hydrogens (tertiary/aromatic N) is 1. The first-order chi connectivity index (χ1) is 13.7. The van der Waals surface area contributed by atoms with Gasteiger partial charge in [-0.15, -0.1) is 0 Å². The summed E-state index contributed by atoms with van der Waals surface area (Å²) in [6.07, 6.45) is 0.980. The summed E-state index contributed by atoms with van der Waals surface area (Å²) in [6.45, 7) is 19.6. The number of rotatable bonds is 8. The second-order valence-corrected chi connectivity index (χ2v) is 14.0. The van der Waals surface area contributed by atoms with Crippen LogP contribution in [0.5, 0.6) is 0 Å². The molecule has 0 unspecified atom stereocenters. The fourth-order valence-corrected chi connectivity index (χ4v) is 3.25. The molecule has 168 valence electrons. The van der Waals surface area contributed by atoms with Crippen LogP contribution in [-0.4, -0.2) is 38.9 Å². The molecule has 1 rings (SSSR count). The molecule has 0 radical (unpaired) electrons. The van der Waals surface area contributed by atoms with Crippen molar-refractivity contribution in [3.63, 3.8) is 0 Å². The Labute approximate surface area is 182 Å². The Morgan fingerprint density at radius 3 is 1.97 bits per heavy atom. The highest BCUT2D eigenvalue weighted by Gasteiger charge is 2.36. The minimum atomic E-state index is -1.70. The molecule has 0 amide bonds. The van der Waals surface area contributed by atoms with E-state index in [1.165, 1.54) is 5.56 Å².